The number of halogens is 1. The standard InChI is InChI=1S/C23H24FN7O2/c1-13(15-5-6-15)27-22-29-20-17(10-16-11-19(32)28-21(16)33)12-26-31(20)23(30-22)25-8-7-14-3-2-4-18(24)9-14/h2-4,9-10,12-13,15H,5-8,11H2,1H3,(H,28,32,33)(H2,25,27,29,30)/t13-/m0/s1. The minimum atomic E-state index is -0.400. The number of fused-ring (bicyclic) bond motifs is 1. The van der Waals surface area contributed by atoms with Crippen molar-refractivity contribution in [3.8, 4) is 0 Å². The highest BCUT2D eigenvalue weighted by Crippen LogP contribution is 2.33. The number of nitrogens with zero attached hydrogens (tertiary/aromatic N) is 4. The fraction of sp³-hybridized carbons (Fsp3) is 0.348. The van der Waals surface area contributed by atoms with Gasteiger partial charge in [0.15, 0.2) is 5.65 Å². The van der Waals surface area contributed by atoms with E-state index >= 15 is 0 Å². The Kier molecular flexibility index (Phi) is 5.49. The van der Waals surface area contributed by atoms with Crippen molar-refractivity contribution >= 4 is 35.4 Å². The molecular weight excluding hydrogens is 425 g/mol. The van der Waals surface area contributed by atoms with Gasteiger partial charge >= 0.3 is 0 Å². The van der Waals surface area contributed by atoms with Crippen LogP contribution < -0.4 is 16.0 Å². The zero-order valence-electron chi connectivity index (χ0n) is 18.1. The molecule has 2 fully saturated rings. The molecule has 1 saturated carbocycles. The van der Waals surface area contributed by atoms with E-state index < -0.39 is 5.91 Å². The lowest BCUT2D eigenvalue weighted by molar-refractivity contribution is -0.124. The van der Waals surface area contributed by atoms with Crippen LogP contribution in [0.5, 0.6) is 0 Å². The van der Waals surface area contributed by atoms with Crippen LogP contribution in [0.4, 0.5) is 16.3 Å². The van der Waals surface area contributed by atoms with Crippen LogP contribution in [0, 0.1) is 11.7 Å². The SMILES string of the molecule is C[C@H](Nc1nc(NCCc2cccc(F)c2)n2ncc(C=C3CC(=O)NC3=O)c2n1)C1CC1. The first-order chi connectivity index (χ1) is 16.0. The van der Waals surface area contributed by atoms with Gasteiger partial charge in [-0.2, -0.15) is 19.6 Å². The Labute approximate surface area is 189 Å². The third-order valence-corrected chi connectivity index (χ3v) is 5.89. The summed E-state index contributed by atoms with van der Waals surface area (Å²) >= 11 is 0. The number of imide groups is 1. The van der Waals surface area contributed by atoms with Crippen LogP contribution in [-0.4, -0.2) is 44.0 Å². The first-order valence-electron chi connectivity index (χ1n) is 11.0. The number of rotatable bonds is 8. The molecule has 3 aromatic rings. The normalized spacial score (nSPS) is 18.1. The molecule has 1 aliphatic carbocycles. The quantitative estimate of drug-likeness (QED) is 0.358. The van der Waals surface area contributed by atoms with Gasteiger partial charge in [-0.15, -0.1) is 0 Å². The molecule has 3 N–H and O–H groups in total. The second-order valence-electron chi connectivity index (χ2n) is 8.51. The Morgan fingerprint density at radius 3 is 2.88 bits per heavy atom. The molecule has 9 nitrogen and oxygen atoms in total. The average Bonchev–Trinajstić information content (AvgIpc) is 3.48. The van der Waals surface area contributed by atoms with Gasteiger partial charge in [-0.1, -0.05) is 12.1 Å². The van der Waals surface area contributed by atoms with E-state index in [-0.39, 0.29) is 24.2 Å². The van der Waals surface area contributed by atoms with Gasteiger partial charge in [0.25, 0.3) is 5.91 Å². The van der Waals surface area contributed by atoms with E-state index in [0.717, 1.165) is 5.56 Å². The Hall–Kier alpha value is -3.82. The van der Waals surface area contributed by atoms with E-state index in [0.29, 0.717) is 47.6 Å². The predicted molar refractivity (Wildman–Crippen MR) is 121 cm³/mol. The highest BCUT2D eigenvalue weighted by atomic mass is 19.1. The highest BCUT2D eigenvalue weighted by molar-refractivity contribution is 6.15. The van der Waals surface area contributed by atoms with Crippen LogP contribution >= 0.6 is 0 Å². The van der Waals surface area contributed by atoms with E-state index in [9.17, 15) is 14.0 Å². The van der Waals surface area contributed by atoms with E-state index in [1.807, 2.05) is 6.07 Å². The molecule has 1 aliphatic heterocycles. The van der Waals surface area contributed by atoms with E-state index in [1.165, 1.54) is 25.0 Å². The van der Waals surface area contributed by atoms with Crippen molar-refractivity contribution in [2.75, 3.05) is 17.2 Å². The van der Waals surface area contributed by atoms with Crippen molar-refractivity contribution in [1.82, 2.24) is 24.9 Å². The van der Waals surface area contributed by atoms with Gasteiger partial charge in [-0.3, -0.25) is 14.9 Å². The molecule has 2 aliphatic rings. The maximum absolute atomic E-state index is 13.5. The third kappa shape index (κ3) is 4.69. The number of nitrogens with one attached hydrogen (secondary N) is 3. The molecule has 0 bridgehead atoms. The van der Waals surface area contributed by atoms with Crippen molar-refractivity contribution < 1.29 is 14.0 Å². The zero-order valence-corrected chi connectivity index (χ0v) is 18.1. The van der Waals surface area contributed by atoms with Gasteiger partial charge in [0.1, 0.15) is 5.82 Å². The van der Waals surface area contributed by atoms with Gasteiger partial charge in [0, 0.05) is 23.7 Å². The van der Waals surface area contributed by atoms with Gasteiger partial charge < -0.3 is 10.6 Å². The molecule has 3 heterocycles. The second kappa shape index (κ2) is 8.61. The predicted octanol–water partition coefficient (Wildman–Crippen LogP) is 2.56. The van der Waals surface area contributed by atoms with Crippen molar-refractivity contribution in [3.63, 3.8) is 0 Å². The highest BCUT2D eigenvalue weighted by Gasteiger charge is 2.29. The van der Waals surface area contributed by atoms with E-state index in [1.54, 1.807) is 22.9 Å². The number of hydrogen-bond donors (Lipinski definition) is 3. The molecule has 5 rings (SSSR count). The van der Waals surface area contributed by atoms with Crippen molar-refractivity contribution in [1.29, 1.82) is 0 Å². The molecule has 0 unspecified atom stereocenters. The smallest absolute Gasteiger partial charge is 0.254 e. The maximum Gasteiger partial charge on any atom is 0.254 e. The van der Waals surface area contributed by atoms with Crippen LogP contribution in [0.15, 0.2) is 36.0 Å². The molecule has 0 radical (unpaired) electrons. The summed E-state index contributed by atoms with van der Waals surface area (Å²) in [5.74, 6) is 0.562. The molecule has 1 saturated heterocycles. The van der Waals surface area contributed by atoms with Gasteiger partial charge in [-0.25, -0.2) is 4.39 Å². The molecule has 1 atom stereocenters. The Morgan fingerprint density at radius 1 is 1.30 bits per heavy atom. The lowest BCUT2D eigenvalue weighted by atomic mass is 10.1. The summed E-state index contributed by atoms with van der Waals surface area (Å²) in [6, 6.07) is 6.72. The summed E-state index contributed by atoms with van der Waals surface area (Å²) in [4.78, 5) is 32.8. The van der Waals surface area contributed by atoms with E-state index in [2.05, 4.69) is 37.9 Å². The number of carbonyl (C=O) groups excluding carboxylic acids is 2. The molecule has 33 heavy (non-hydrogen) atoms. The minimum absolute atomic E-state index is 0.0316. The monoisotopic (exact) mass is 449 g/mol. The van der Waals surface area contributed by atoms with Crippen molar-refractivity contribution in [2.45, 2.75) is 38.6 Å². The molecule has 10 heteroatoms. The Bertz CT molecular complexity index is 1260. The summed E-state index contributed by atoms with van der Waals surface area (Å²) < 4.78 is 15.0. The largest absolute Gasteiger partial charge is 0.354 e. The number of anilines is 2. The zero-order chi connectivity index (χ0) is 22.9. The van der Waals surface area contributed by atoms with Gasteiger partial charge in [0.05, 0.1) is 12.6 Å². The summed E-state index contributed by atoms with van der Waals surface area (Å²) in [7, 11) is 0. The number of benzene rings is 1. The fourth-order valence-corrected chi connectivity index (χ4v) is 3.91. The lowest BCUT2D eigenvalue weighted by Crippen LogP contribution is -2.21. The number of hydrogen-bond acceptors (Lipinski definition) is 7. The topological polar surface area (TPSA) is 113 Å². The fourth-order valence-electron chi connectivity index (χ4n) is 3.91. The van der Waals surface area contributed by atoms with Crippen LogP contribution in [0.3, 0.4) is 0 Å². The van der Waals surface area contributed by atoms with Crippen LogP contribution in [0.2, 0.25) is 0 Å². The molecule has 2 amide bonds. The molecular formula is C23H24FN7O2. The molecule has 0 spiro atoms. The Balaban J connectivity index is 1.44. The summed E-state index contributed by atoms with van der Waals surface area (Å²) in [6.07, 6.45) is 6.23. The average molecular weight is 449 g/mol. The van der Waals surface area contributed by atoms with Gasteiger partial charge in [-0.05, 0) is 55.9 Å². The number of amides is 2. The summed E-state index contributed by atoms with van der Waals surface area (Å²) in [5.41, 5.74) is 2.38. The number of carbonyl (C=O) groups is 2. The van der Waals surface area contributed by atoms with Gasteiger partial charge in [0.2, 0.25) is 17.8 Å². The van der Waals surface area contributed by atoms with Crippen molar-refractivity contribution in [3.05, 3.63) is 53.0 Å². The lowest BCUT2D eigenvalue weighted by Gasteiger charge is -2.15. The van der Waals surface area contributed by atoms with Crippen molar-refractivity contribution in [2.24, 2.45) is 5.92 Å². The molecule has 2 aromatic heterocycles. The number of aromatic nitrogens is 4. The third-order valence-electron chi connectivity index (χ3n) is 5.89. The maximum atomic E-state index is 13.5. The van der Waals surface area contributed by atoms with Crippen LogP contribution in [0.1, 0.15) is 37.3 Å². The first kappa shape index (κ1) is 21.0. The van der Waals surface area contributed by atoms with E-state index in [4.69, 9.17) is 0 Å². The first-order valence-corrected chi connectivity index (χ1v) is 11.0. The van der Waals surface area contributed by atoms with Crippen LogP contribution in [-0.2, 0) is 16.0 Å². The summed E-state index contributed by atoms with van der Waals surface area (Å²) in [5, 5.41) is 13.3. The second-order valence-corrected chi connectivity index (χ2v) is 8.51. The minimum Gasteiger partial charge on any atom is -0.354 e. The molecule has 1 aromatic carbocycles. The molecule has 170 valence electrons. The summed E-state index contributed by atoms with van der Waals surface area (Å²) in [6.45, 7) is 2.62. The Morgan fingerprint density at radius 2 is 2.15 bits per heavy atom. The van der Waals surface area contributed by atoms with Crippen LogP contribution in [0.25, 0.3) is 11.7 Å².